The Labute approximate surface area is 130 Å². The lowest BCUT2D eigenvalue weighted by Gasteiger charge is -2.37. The standard InChI is InChI=1S/C17H21NO4/c19-17(18-6-7-20-14-3-1-2-13(14)18)11-12-4-5-15-16(10-12)22-9-8-21-15/h4-5,10,13-14H,1-3,6-9,11H2/t13-,14-/m1/s1. The first kappa shape index (κ1) is 13.9. The highest BCUT2D eigenvalue weighted by molar-refractivity contribution is 5.79. The van der Waals surface area contributed by atoms with E-state index in [4.69, 9.17) is 14.2 Å². The van der Waals surface area contributed by atoms with Gasteiger partial charge in [-0.2, -0.15) is 0 Å². The van der Waals surface area contributed by atoms with Crippen LogP contribution in [0.15, 0.2) is 18.2 Å². The molecule has 5 heteroatoms. The maximum atomic E-state index is 12.7. The zero-order valence-corrected chi connectivity index (χ0v) is 12.6. The summed E-state index contributed by atoms with van der Waals surface area (Å²) >= 11 is 0. The summed E-state index contributed by atoms with van der Waals surface area (Å²) in [5.74, 6) is 1.71. The van der Waals surface area contributed by atoms with Crippen molar-refractivity contribution in [2.24, 2.45) is 0 Å². The molecule has 1 aromatic rings. The van der Waals surface area contributed by atoms with E-state index in [2.05, 4.69) is 0 Å². The van der Waals surface area contributed by atoms with Crippen molar-refractivity contribution in [1.29, 1.82) is 0 Å². The second kappa shape index (κ2) is 5.80. The van der Waals surface area contributed by atoms with E-state index < -0.39 is 0 Å². The van der Waals surface area contributed by atoms with Gasteiger partial charge in [0.15, 0.2) is 11.5 Å². The van der Waals surface area contributed by atoms with E-state index >= 15 is 0 Å². The Kier molecular flexibility index (Phi) is 3.66. The predicted molar refractivity (Wildman–Crippen MR) is 80.2 cm³/mol. The first-order valence-electron chi connectivity index (χ1n) is 8.11. The van der Waals surface area contributed by atoms with E-state index in [1.807, 2.05) is 23.1 Å². The van der Waals surface area contributed by atoms with Crippen molar-refractivity contribution in [2.75, 3.05) is 26.4 Å². The monoisotopic (exact) mass is 303 g/mol. The molecule has 2 fully saturated rings. The van der Waals surface area contributed by atoms with Crippen LogP contribution in [-0.4, -0.2) is 49.3 Å². The number of benzene rings is 1. The highest BCUT2D eigenvalue weighted by atomic mass is 16.6. The SMILES string of the molecule is O=C(Cc1ccc2c(c1)OCCO2)N1CCO[C@@H]2CCC[C@H]21. The summed E-state index contributed by atoms with van der Waals surface area (Å²) in [6, 6.07) is 6.06. The Hall–Kier alpha value is -1.75. The van der Waals surface area contributed by atoms with Gasteiger partial charge >= 0.3 is 0 Å². The van der Waals surface area contributed by atoms with Gasteiger partial charge in [0.1, 0.15) is 13.2 Å². The predicted octanol–water partition coefficient (Wildman–Crippen LogP) is 1.78. The fourth-order valence-electron chi connectivity index (χ4n) is 3.71. The van der Waals surface area contributed by atoms with Gasteiger partial charge in [0, 0.05) is 6.54 Å². The number of carbonyl (C=O) groups is 1. The maximum Gasteiger partial charge on any atom is 0.227 e. The minimum absolute atomic E-state index is 0.192. The van der Waals surface area contributed by atoms with Gasteiger partial charge in [0.2, 0.25) is 5.91 Å². The molecule has 1 saturated carbocycles. The number of ether oxygens (including phenoxy) is 3. The Balaban J connectivity index is 1.47. The third-order valence-electron chi connectivity index (χ3n) is 4.76. The van der Waals surface area contributed by atoms with Crippen LogP contribution in [0.25, 0.3) is 0 Å². The Bertz CT molecular complexity index is 574. The van der Waals surface area contributed by atoms with Gasteiger partial charge < -0.3 is 19.1 Å². The van der Waals surface area contributed by atoms with Crippen molar-refractivity contribution in [3.63, 3.8) is 0 Å². The molecule has 1 aromatic carbocycles. The molecule has 1 amide bonds. The third kappa shape index (κ3) is 2.54. The van der Waals surface area contributed by atoms with Crippen LogP contribution in [0, 0.1) is 0 Å². The quantitative estimate of drug-likeness (QED) is 0.835. The summed E-state index contributed by atoms with van der Waals surface area (Å²) in [7, 11) is 0. The number of amides is 1. The van der Waals surface area contributed by atoms with Gasteiger partial charge in [-0.15, -0.1) is 0 Å². The molecule has 0 spiro atoms. The summed E-state index contributed by atoms with van der Waals surface area (Å²) in [5.41, 5.74) is 0.982. The second-order valence-corrected chi connectivity index (χ2v) is 6.15. The van der Waals surface area contributed by atoms with E-state index in [0.717, 1.165) is 36.3 Å². The maximum absolute atomic E-state index is 12.7. The fraction of sp³-hybridized carbons (Fsp3) is 0.588. The average molecular weight is 303 g/mol. The Morgan fingerprint density at radius 1 is 1.14 bits per heavy atom. The molecular weight excluding hydrogens is 282 g/mol. The minimum Gasteiger partial charge on any atom is -0.486 e. The Morgan fingerprint density at radius 3 is 2.91 bits per heavy atom. The molecule has 2 aliphatic heterocycles. The molecule has 22 heavy (non-hydrogen) atoms. The molecular formula is C17H21NO4. The molecule has 1 aliphatic carbocycles. The molecule has 0 aromatic heterocycles. The van der Waals surface area contributed by atoms with Gasteiger partial charge in [-0.1, -0.05) is 6.07 Å². The number of fused-ring (bicyclic) bond motifs is 2. The van der Waals surface area contributed by atoms with E-state index in [0.29, 0.717) is 32.8 Å². The van der Waals surface area contributed by atoms with Crippen LogP contribution in [0.3, 0.4) is 0 Å². The van der Waals surface area contributed by atoms with Gasteiger partial charge in [0.25, 0.3) is 0 Å². The number of hydrogen-bond donors (Lipinski definition) is 0. The number of hydrogen-bond acceptors (Lipinski definition) is 4. The van der Waals surface area contributed by atoms with Crippen LogP contribution >= 0.6 is 0 Å². The summed E-state index contributed by atoms with van der Waals surface area (Å²) in [5, 5.41) is 0. The zero-order chi connectivity index (χ0) is 14.9. The third-order valence-corrected chi connectivity index (χ3v) is 4.76. The van der Waals surface area contributed by atoms with Crippen LogP contribution in [0.2, 0.25) is 0 Å². The first-order chi connectivity index (χ1) is 10.8. The average Bonchev–Trinajstić information content (AvgIpc) is 3.03. The van der Waals surface area contributed by atoms with Gasteiger partial charge in [0.05, 0.1) is 25.2 Å². The lowest BCUT2D eigenvalue weighted by Crippen LogP contribution is -2.51. The summed E-state index contributed by atoms with van der Waals surface area (Å²) in [6.07, 6.45) is 3.97. The van der Waals surface area contributed by atoms with Crippen molar-refractivity contribution in [3.05, 3.63) is 23.8 Å². The molecule has 2 atom stereocenters. The summed E-state index contributed by atoms with van der Waals surface area (Å²) in [6.45, 7) is 2.53. The highest BCUT2D eigenvalue weighted by Crippen LogP contribution is 2.32. The zero-order valence-electron chi connectivity index (χ0n) is 12.6. The summed E-state index contributed by atoms with van der Waals surface area (Å²) < 4.78 is 16.9. The van der Waals surface area contributed by atoms with Crippen LogP contribution in [0.1, 0.15) is 24.8 Å². The molecule has 0 unspecified atom stereocenters. The number of nitrogens with zero attached hydrogens (tertiary/aromatic N) is 1. The lowest BCUT2D eigenvalue weighted by molar-refractivity contribution is -0.143. The van der Waals surface area contributed by atoms with E-state index in [1.54, 1.807) is 0 Å². The summed E-state index contributed by atoms with van der Waals surface area (Å²) in [4.78, 5) is 14.7. The van der Waals surface area contributed by atoms with Crippen LogP contribution in [0.5, 0.6) is 11.5 Å². The Morgan fingerprint density at radius 2 is 2.00 bits per heavy atom. The molecule has 5 nitrogen and oxygen atoms in total. The second-order valence-electron chi connectivity index (χ2n) is 6.15. The largest absolute Gasteiger partial charge is 0.486 e. The topological polar surface area (TPSA) is 48.0 Å². The molecule has 2 heterocycles. The molecule has 0 radical (unpaired) electrons. The van der Waals surface area contributed by atoms with Crippen LogP contribution < -0.4 is 9.47 Å². The van der Waals surface area contributed by atoms with E-state index in [-0.39, 0.29) is 18.1 Å². The van der Waals surface area contributed by atoms with Crippen molar-refractivity contribution >= 4 is 5.91 Å². The van der Waals surface area contributed by atoms with Gasteiger partial charge in [-0.3, -0.25) is 4.79 Å². The highest BCUT2D eigenvalue weighted by Gasteiger charge is 2.38. The number of rotatable bonds is 2. The van der Waals surface area contributed by atoms with Crippen molar-refractivity contribution < 1.29 is 19.0 Å². The molecule has 3 aliphatic rings. The lowest BCUT2D eigenvalue weighted by atomic mass is 10.1. The number of morpholine rings is 1. The van der Waals surface area contributed by atoms with Gasteiger partial charge in [-0.05, 0) is 37.0 Å². The molecule has 1 saturated heterocycles. The number of carbonyl (C=O) groups excluding carboxylic acids is 1. The normalized spacial score (nSPS) is 26.6. The van der Waals surface area contributed by atoms with E-state index in [9.17, 15) is 4.79 Å². The van der Waals surface area contributed by atoms with Crippen molar-refractivity contribution in [2.45, 2.75) is 37.8 Å². The molecule has 0 N–H and O–H groups in total. The minimum atomic E-state index is 0.192. The first-order valence-corrected chi connectivity index (χ1v) is 8.11. The van der Waals surface area contributed by atoms with Crippen LogP contribution in [-0.2, 0) is 16.0 Å². The fourth-order valence-corrected chi connectivity index (χ4v) is 3.71. The van der Waals surface area contributed by atoms with Crippen LogP contribution in [0.4, 0.5) is 0 Å². The smallest absolute Gasteiger partial charge is 0.227 e. The van der Waals surface area contributed by atoms with E-state index in [1.165, 1.54) is 0 Å². The van der Waals surface area contributed by atoms with Crippen molar-refractivity contribution in [3.8, 4) is 11.5 Å². The van der Waals surface area contributed by atoms with Gasteiger partial charge in [-0.25, -0.2) is 0 Å². The molecule has 0 bridgehead atoms. The molecule has 118 valence electrons. The molecule has 4 rings (SSSR count). The van der Waals surface area contributed by atoms with Crippen molar-refractivity contribution in [1.82, 2.24) is 4.90 Å².